The maximum atomic E-state index is 13.1. The number of fused-ring (bicyclic) bond motifs is 2. The van der Waals surface area contributed by atoms with Crippen LogP contribution in [-0.2, 0) is 10.0 Å². The van der Waals surface area contributed by atoms with Crippen LogP contribution in [0, 0.1) is 0 Å². The molecule has 3 aromatic carbocycles. The molecule has 1 atom stereocenters. The molecule has 0 saturated carbocycles. The highest BCUT2D eigenvalue weighted by Crippen LogP contribution is 2.32. The third kappa shape index (κ3) is 2.92. The SMILES string of the molecule is CN(C)c1cccc2c(S(=O)(O)=Nc3ccc4nsnc4c3)cccc12. The van der Waals surface area contributed by atoms with Crippen LogP contribution in [0.25, 0.3) is 21.8 Å². The Bertz CT molecular complexity index is 1240. The third-order valence-corrected chi connectivity index (χ3v) is 6.04. The van der Waals surface area contributed by atoms with Crippen molar-refractivity contribution >= 4 is 54.9 Å². The summed E-state index contributed by atoms with van der Waals surface area (Å²) in [5.41, 5.74) is 2.80. The average Bonchev–Trinajstić information content (AvgIpc) is 3.08. The molecule has 1 unspecified atom stereocenters. The normalized spacial score (nSPS) is 13.7. The molecule has 0 aliphatic heterocycles. The van der Waals surface area contributed by atoms with Gasteiger partial charge in [0.15, 0.2) is 10.0 Å². The average molecular weight is 384 g/mol. The molecule has 1 N–H and O–H groups in total. The van der Waals surface area contributed by atoms with Crippen molar-refractivity contribution in [3.05, 3.63) is 54.6 Å². The lowest BCUT2D eigenvalue weighted by Gasteiger charge is -2.16. The van der Waals surface area contributed by atoms with E-state index in [9.17, 15) is 8.76 Å². The molecule has 1 heterocycles. The van der Waals surface area contributed by atoms with E-state index in [0.717, 1.165) is 28.3 Å². The van der Waals surface area contributed by atoms with Gasteiger partial charge in [-0.2, -0.15) is 13.1 Å². The van der Waals surface area contributed by atoms with E-state index in [2.05, 4.69) is 13.1 Å². The second-order valence-corrected chi connectivity index (χ2v) is 8.19. The summed E-state index contributed by atoms with van der Waals surface area (Å²) >= 11 is 1.10. The van der Waals surface area contributed by atoms with Crippen molar-refractivity contribution in [3.8, 4) is 0 Å². The largest absolute Gasteiger partial charge is 0.377 e. The predicted octanol–water partition coefficient (Wildman–Crippen LogP) is 4.54. The maximum Gasteiger partial charge on any atom is 0.196 e. The Hall–Kier alpha value is -2.55. The summed E-state index contributed by atoms with van der Waals surface area (Å²) in [4.78, 5) is 2.28. The van der Waals surface area contributed by atoms with E-state index in [0.29, 0.717) is 21.5 Å². The molecule has 0 saturated heterocycles. The summed E-state index contributed by atoms with van der Waals surface area (Å²) in [7, 11) is 0.265. The predicted molar refractivity (Wildman–Crippen MR) is 107 cm³/mol. The molecule has 0 spiro atoms. The Labute approximate surface area is 155 Å². The molecule has 26 heavy (non-hydrogen) atoms. The van der Waals surface area contributed by atoms with E-state index >= 15 is 0 Å². The number of anilines is 1. The second kappa shape index (κ2) is 6.31. The van der Waals surface area contributed by atoms with Crippen LogP contribution in [0.15, 0.2) is 63.9 Å². The molecule has 0 aliphatic carbocycles. The topological polar surface area (TPSA) is 78.7 Å². The maximum absolute atomic E-state index is 13.1. The molecule has 132 valence electrons. The first-order valence-corrected chi connectivity index (χ1v) is 10.1. The van der Waals surface area contributed by atoms with E-state index in [1.165, 1.54) is 0 Å². The zero-order valence-electron chi connectivity index (χ0n) is 14.2. The van der Waals surface area contributed by atoms with Crippen LogP contribution >= 0.6 is 11.7 Å². The summed E-state index contributed by atoms with van der Waals surface area (Å²) in [6.07, 6.45) is 0. The number of hydrogen-bond donors (Lipinski definition) is 1. The molecule has 8 heteroatoms. The van der Waals surface area contributed by atoms with Crippen LogP contribution in [-0.4, -0.2) is 31.6 Å². The van der Waals surface area contributed by atoms with Crippen LogP contribution in [0.2, 0.25) is 0 Å². The quantitative estimate of drug-likeness (QED) is 0.561. The van der Waals surface area contributed by atoms with Gasteiger partial charge in [0.2, 0.25) is 0 Å². The number of aromatic nitrogens is 2. The third-order valence-electron chi connectivity index (χ3n) is 4.09. The van der Waals surface area contributed by atoms with Gasteiger partial charge in [-0.05, 0) is 30.3 Å². The van der Waals surface area contributed by atoms with Gasteiger partial charge in [0, 0.05) is 30.6 Å². The van der Waals surface area contributed by atoms with Gasteiger partial charge >= 0.3 is 0 Å². The van der Waals surface area contributed by atoms with Crippen LogP contribution in [0.4, 0.5) is 11.4 Å². The van der Waals surface area contributed by atoms with Gasteiger partial charge in [-0.3, -0.25) is 4.55 Å². The molecule has 0 aliphatic rings. The first kappa shape index (κ1) is 16.9. The van der Waals surface area contributed by atoms with E-state index in [1.807, 2.05) is 43.3 Å². The minimum Gasteiger partial charge on any atom is -0.377 e. The van der Waals surface area contributed by atoms with Crippen LogP contribution in [0.3, 0.4) is 0 Å². The first-order valence-electron chi connectivity index (χ1n) is 7.87. The number of benzene rings is 3. The zero-order chi connectivity index (χ0) is 18.3. The van der Waals surface area contributed by atoms with Crippen molar-refractivity contribution < 1.29 is 8.76 Å². The van der Waals surface area contributed by atoms with Crippen LogP contribution in [0.1, 0.15) is 0 Å². The van der Waals surface area contributed by atoms with E-state index < -0.39 is 10.0 Å². The van der Waals surface area contributed by atoms with Gasteiger partial charge in [-0.1, -0.05) is 24.3 Å². The van der Waals surface area contributed by atoms with Crippen molar-refractivity contribution in [2.45, 2.75) is 4.90 Å². The van der Waals surface area contributed by atoms with Crippen molar-refractivity contribution in [1.82, 2.24) is 8.75 Å². The fourth-order valence-electron chi connectivity index (χ4n) is 2.91. The van der Waals surface area contributed by atoms with Gasteiger partial charge in [-0.15, -0.1) is 0 Å². The fourth-order valence-corrected chi connectivity index (χ4v) is 4.64. The highest BCUT2D eigenvalue weighted by Gasteiger charge is 2.15. The van der Waals surface area contributed by atoms with Crippen molar-refractivity contribution in [2.24, 2.45) is 4.36 Å². The minimum absolute atomic E-state index is 0.301. The Balaban J connectivity index is 1.92. The number of hydrogen-bond acceptors (Lipinski definition) is 6. The Kier molecular flexibility index (Phi) is 4.10. The molecule has 4 rings (SSSR count). The molecular weight excluding hydrogens is 368 g/mol. The Morgan fingerprint density at radius 2 is 1.73 bits per heavy atom. The summed E-state index contributed by atoms with van der Waals surface area (Å²) in [5, 5.41) is 1.62. The van der Waals surface area contributed by atoms with Crippen molar-refractivity contribution in [1.29, 1.82) is 0 Å². The van der Waals surface area contributed by atoms with E-state index in [4.69, 9.17) is 0 Å². The molecule has 4 aromatic rings. The highest BCUT2D eigenvalue weighted by atomic mass is 32.2. The molecular formula is C18H16N4O2S2. The van der Waals surface area contributed by atoms with Gasteiger partial charge in [-0.25, -0.2) is 4.21 Å². The van der Waals surface area contributed by atoms with Crippen molar-refractivity contribution in [2.75, 3.05) is 19.0 Å². The fraction of sp³-hybridized carbons (Fsp3) is 0.111. The van der Waals surface area contributed by atoms with Gasteiger partial charge in [0.05, 0.1) is 22.3 Å². The summed E-state index contributed by atoms with van der Waals surface area (Å²) in [6, 6.07) is 16.2. The van der Waals surface area contributed by atoms with Gasteiger partial charge in [0.1, 0.15) is 11.0 Å². The Morgan fingerprint density at radius 1 is 1.00 bits per heavy atom. The lowest BCUT2D eigenvalue weighted by Crippen LogP contribution is -2.09. The summed E-state index contributed by atoms with van der Waals surface area (Å²) in [6.45, 7) is 0. The van der Waals surface area contributed by atoms with Crippen molar-refractivity contribution in [3.63, 3.8) is 0 Å². The smallest absolute Gasteiger partial charge is 0.196 e. The van der Waals surface area contributed by atoms with Gasteiger partial charge < -0.3 is 4.90 Å². The summed E-state index contributed by atoms with van der Waals surface area (Å²) < 4.78 is 36.2. The van der Waals surface area contributed by atoms with Gasteiger partial charge in [0.25, 0.3) is 0 Å². The molecule has 0 fully saturated rings. The lowest BCUT2D eigenvalue weighted by molar-refractivity contribution is 0.553. The molecule has 0 amide bonds. The van der Waals surface area contributed by atoms with Crippen LogP contribution < -0.4 is 4.90 Å². The lowest BCUT2D eigenvalue weighted by atomic mass is 10.1. The molecule has 0 bridgehead atoms. The zero-order valence-corrected chi connectivity index (χ0v) is 15.8. The summed E-state index contributed by atoms with van der Waals surface area (Å²) in [5.74, 6) is 0. The first-order chi connectivity index (χ1) is 12.5. The number of rotatable bonds is 3. The second-order valence-electron chi connectivity index (χ2n) is 6.05. The van der Waals surface area contributed by atoms with Crippen LogP contribution in [0.5, 0.6) is 0 Å². The molecule has 0 radical (unpaired) electrons. The van der Waals surface area contributed by atoms with E-state index in [1.54, 1.807) is 30.3 Å². The standard InChI is InChI=1S/C18H16N4O2S2/c1-22(2)17-7-3-6-14-13(17)5-4-8-18(14)26(23,24)21-12-9-10-15-16(11-12)20-25-19-15/h3-11H,1-2H3,(H,21,23,24). The highest BCUT2D eigenvalue weighted by molar-refractivity contribution is 7.88. The monoisotopic (exact) mass is 384 g/mol. The Morgan fingerprint density at radius 3 is 2.54 bits per heavy atom. The molecule has 6 nitrogen and oxygen atoms in total. The number of nitrogens with zero attached hydrogens (tertiary/aromatic N) is 4. The molecule has 1 aromatic heterocycles. The minimum atomic E-state index is -3.62. The van der Waals surface area contributed by atoms with E-state index in [-0.39, 0.29) is 0 Å².